The van der Waals surface area contributed by atoms with E-state index in [9.17, 15) is 5.11 Å². The summed E-state index contributed by atoms with van der Waals surface area (Å²) in [4.78, 5) is 9.05. The molecule has 2 fully saturated rings. The molecule has 0 bridgehead atoms. The second-order valence-electron chi connectivity index (χ2n) is 9.73. The zero-order valence-corrected chi connectivity index (χ0v) is 16.7. The summed E-state index contributed by atoms with van der Waals surface area (Å²) in [6.45, 7) is 4.85. The van der Waals surface area contributed by atoms with Crippen LogP contribution in [0.3, 0.4) is 0 Å². The highest BCUT2D eigenvalue weighted by atomic mass is 16.5. The van der Waals surface area contributed by atoms with Gasteiger partial charge in [0.25, 0.3) is 0 Å². The highest BCUT2D eigenvalue weighted by molar-refractivity contribution is 5.46. The Labute approximate surface area is 161 Å². The van der Waals surface area contributed by atoms with Crippen molar-refractivity contribution in [2.75, 3.05) is 12.8 Å². The lowest BCUT2D eigenvalue weighted by atomic mass is 9.48. The van der Waals surface area contributed by atoms with Crippen LogP contribution < -0.4 is 10.5 Å². The van der Waals surface area contributed by atoms with E-state index in [0.717, 1.165) is 44.2 Å². The molecule has 0 spiro atoms. The van der Waals surface area contributed by atoms with Crippen molar-refractivity contribution in [3.05, 3.63) is 22.9 Å². The number of allylic oxidation sites excluding steroid dienone is 1. The van der Waals surface area contributed by atoms with E-state index < -0.39 is 0 Å². The number of ether oxygens (including phenoxy) is 1. The molecule has 4 aliphatic rings. The fourth-order valence-electron chi connectivity index (χ4n) is 7.16. The lowest BCUT2D eigenvalue weighted by Gasteiger charge is -2.57. The first-order valence-corrected chi connectivity index (χ1v) is 10.5. The number of nitrogens with two attached hydrogens (primary N) is 1. The van der Waals surface area contributed by atoms with Gasteiger partial charge in [0.05, 0.1) is 18.9 Å². The number of nitrogen functional groups attached to an aromatic ring is 1. The topological polar surface area (TPSA) is 81.3 Å². The number of aromatic nitrogens is 2. The van der Waals surface area contributed by atoms with Crippen LogP contribution in [0.15, 0.2) is 11.6 Å². The van der Waals surface area contributed by atoms with Gasteiger partial charge in [-0.25, -0.2) is 4.98 Å². The molecule has 1 aromatic heterocycles. The van der Waals surface area contributed by atoms with Crippen molar-refractivity contribution in [3.8, 4) is 5.88 Å². The molecule has 0 saturated heterocycles. The minimum Gasteiger partial charge on any atom is -0.481 e. The SMILES string of the molecule is COc1nc(N)nc2c1C[C@H]1[C@@H]3CC=C4C[C@@H](O)CC[C@]4(C)[C@H]3CC[C@]21C. The predicted octanol–water partition coefficient (Wildman–Crippen LogP) is 3.40. The molecule has 5 rings (SSSR count). The molecule has 5 heteroatoms. The zero-order chi connectivity index (χ0) is 19.0. The van der Waals surface area contributed by atoms with Crippen molar-refractivity contribution in [1.82, 2.24) is 9.97 Å². The lowest BCUT2D eigenvalue weighted by Crippen LogP contribution is -2.51. The summed E-state index contributed by atoms with van der Waals surface area (Å²) in [5, 5.41) is 10.2. The van der Waals surface area contributed by atoms with Gasteiger partial charge in [0.1, 0.15) is 0 Å². The number of aliphatic hydroxyl groups is 1. The smallest absolute Gasteiger partial charge is 0.223 e. The molecule has 0 aromatic carbocycles. The quantitative estimate of drug-likeness (QED) is 0.742. The third-order valence-corrected chi connectivity index (χ3v) is 8.61. The van der Waals surface area contributed by atoms with Gasteiger partial charge in [-0.2, -0.15) is 4.98 Å². The van der Waals surface area contributed by atoms with Crippen LogP contribution in [0, 0.1) is 23.2 Å². The monoisotopic (exact) mass is 369 g/mol. The Balaban J connectivity index is 1.55. The number of nitrogens with zero attached hydrogens (tertiary/aromatic N) is 2. The Morgan fingerprint density at radius 3 is 2.67 bits per heavy atom. The number of anilines is 1. The maximum Gasteiger partial charge on any atom is 0.223 e. The molecular formula is C22H31N3O2. The Morgan fingerprint density at radius 2 is 1.89 bits per heavy atom. The summed E-state index contributed by atoms with van der Waals surface area (Å²) in [6, 6.07) is 0. The molecule has 1 heterocycles. The summed E-state index contributed by atoms with van der Waals surface area (Å²) >= 11 is 0. The third kappa shape index (κ3) is 2.27. The molecule has 1 aromatic rings. The fourth-order valence-corrected chi connectivity index (χ4v) is 7.16. The van der Waals surface area contributed by atoms with E-state index in [-0.39, 0.29) is 16.9 Å². The molecule has 2 saturated carbocycles. The molecular weight excluding hydrogens is 338 g/mol. The summed E-state index contributed by atoms with van der Waals surface area (Å²) < 4.78 is 5.57. The Hall–Kier alpha value is -1.62. The number of methoxy groups -OCH3 is 1. The standard InChI is InChI=1S/C22H31N3O2/c1-21-8-6-13(26)10-12(21)4-5-14-16(21)7-9-22(2)17(14)11-15-18(22)24-20(23)25-19(15)27-3/h4,13-14,16-17,26H,5-11H2,1-3H3,(H2,23,24,25)/t13-,14+,16-,17-,21-,22-/m0/s1. The van der Waals surface area contributed by atoms with Crippen LogP contribution in [-0.4, -0.2) is 28.3 Å². The number of fused-ring (bicyclic) bond motifs is 7. The summed E-state index contributed by atoms with van der Waals surface area (Å²) in [6.07, 6.45) is 9.76. The zero-order valence-electron chi connectivity index (χ0n) is 16.7. The van der Waals surface area contributed by atoms with E-state index in [1.165, 1.54) is 17.6 Å². The summed E-state index contributed by atoms with van der Waals surface area (Å²) in [7, 11) is 1.68. The first-order valence-electron chi connectivity index (χ1n) is 10.5. The molecule has 0 unspecified atom stereocenters. The molecule has 5 nitrogen and oxygen atoms in total. The maximum atomic E-state index is 10.2. The molecule has 146 valence electrons. The average Bonchev–Trinajstić information content (AvgIpc) is 2.94. The second kappa shape index (κ2) is 5.69. The van der Waals surface area contributed by atoms with Gasteiger partial charge >= 0.3 is 0 Å². The third-order valence-electron chi connectivity index (χ3n) is 8.61. The molecule has 0 radical (unpaired) electrons. The van der Waals surface area contributed by atoms with Crippen molar-refractivity contribution in [3.63, 3.8) is 0 Å². The van der Waals surface area contributed by atoms with Gasteiger partial charge in [-0.15, -0.1) is 0 Å². The maximum absolute atomic E-state index is 10.2. The molecule has 6 atom stereocenters. The Morgan fingerprint density at radius 1 is 1.11 bits per heavy atom. The summed E-state index contributed by atoms with van der Waals surface area (Å²) in [5.74, 6) is 2.93. The van der Waals surface area contributed by atoms with Crippen LogP contribution in [0.4, 0.5) is 5.95 Å². The highest BCUT2D eigenvalue weighted by Crippen LogP contribution is 2.64. The Bertz CT molecular complexity index is 822. The molecule has 3 N–H and O–H groups in total. The average molecular weight is 370 g/mol. The Kier molecular flexibility index (Phi) is 3.69. The van der Waals surface area contributed by atoms with Gasteiger partial charge in [-0.1, -0.05) is 25.5 Å². The first kappa shape index (κ1) is 17.5. The van der Waals surface area contributed by atoms with Crippen molar-refractivity contribution < 1.29 is 9.84 Å². The molecule has 27 heavy (non-hydrogen) atoms. The minimum atomic E-state index is -0.145. The van der Waals surface area contributed by atoms with Crippen LogP contribution in [0.2, 0.25) is 0 Å². The number of hydrogen-bond donors (Lipinski definition) is 2. The second-order valence-corrected chi connectivity index (χ2v) is 9.73. The van der Waals surface area contributed by atoms with Crippen LogP contribution in [0.1, 0.15) is 63.6 Å². The van der Waals surface area contributed by atoms with Crippen LogP contribution >= 0.6 is 0 Å². The first-order chi connectivity index (χ1) is 12.9. The number of aliphatic hydroxyl groups excluding tert-OH is 1. The van der Waals surface area contributed by atoms with Gasteiger partial charge in [-0.3, -0.25) is 0 Å². The van der Waals surface area contributed by atoms with E-state index in [1.807, 2.05) is 0 Å². The minimum absolute atomic E-state index is 0.0662. The molecule has 4 aliphatic carbocycles. The highest BCUT2D eigenvalue weighted by Gasteiger charge is 2.58. The van der Waals surface area contributed by atoms with Crippen molar-refractivity contribution in [2.24, 2.45) is 23.2 Å². The lowest BCUT2D eigenvalue weighted by molar-refractivity contribution is -0.0169. The van der Waals surface area contributed by atoms with Crippen molar-refractivity contribution >= 4 is 5.95 Å². The predicted molar refractivity (Wildman–Crippen MR) is 104 cm³/mol. The van der Waals surface area contributed by atoms with Crippen molar-refractivity contribution in [1.29, 1.82) is 0 Å². The van der Waals surface area contributed by atoms with Gasteiger partial charge in [0.2, 0.25) is 11.8 Å². The van der Waals surface area contributed by atoms with Gasteiger partial charge in [0.15, 0.2) is 0 Å². The van der Waals surface area contributed by atoms with Crippen LogP contribution in [-0.2, 0) is 11.8 Å². The number of hydrogen-bond acceptors (Lipinski definition) is 5. The normalized spacial score (nSPS) is 42.4. The van der Waals surface area contributed by atoms with E-state index in [4.69, 9.17) is 15.5 Å². The van der Waals surface area contributed by atoms with Gasteiger partial charge < -0.3 is 15.6 Å². The summed E-state index contributed by atoms with van der Waals surface area (Å²) in [5.41, 5.74) is 10.2. The van der Waals surface area contributed by atoms with E-state index in [2.05, 4.69) is 24.9 Å². The van der Waals surface area contributed by atoms with Gasteiger partial charge in [-0.05, 0) is 68.1 Å². The number of rotatable bonds is 1. The van der Waals surface area contributed by atoms with Crippen LogP contribution in [0.5, 0.6) is 5.88 Å². The fraction of sp³-hybridized carbons (Fsp3) is 0.727. The van der Waals surface area contributed by atoms with E-state index >= 15 is 0 Å². The van der Waals surface area contributed by atoms with E-state index in [1.54, 1.807) is 7.11 Å². The molecule has 0 aliphatic heterocycles. The van der Waals surface area contributed by atoms with Crippen molar-refractivity contribution in [2.45, 2.75) is 70.3 Å². The largest absolute Gasteiger partial charge is 0.481 e. The van der Waals surface area contributed by atoms with E-state index in [0.29, 0.717) is 29.6 Å². The van der Waals surface area contributed by atoms with Crippen LogP contribution in [0.25, 0.3) is 0 Å². The molecule has 0 amide bonds. The van der Waals surface area contributed by atoms with Gasteiger partial charge in [0, 0.05) is 11.0 Å².